The van der Waals surface area contributed by atoms with E-state index in [4.69, 9.17) is 4.74 Å². The topological polar surface area (TPSA) is 73.4 Å². The number of sulfonamides is 1. The Bertz CT molecular complexity index is 1350. The van der Waals surface area contributed by atoms with Crippen molar-refractivity contribution in [3.8, 4) is 5.75 Å². The number of carbonyl (C=O) groups excluding carboxylic acids is 1. The molecule has 2 aliphatic rings. The van der Waals surface area contributed by atoms with Crippen molar-refractivity contribution >= 4 is 15.9 Å². The van der Waals surface area contributed by atoms with Crippen LogP contribution in [-0.4, -0.2) is 92.8 Å². The van der Waals surface area contributed by atoms with Gasteiger partial charge in [0.2, 0.25) is 10.0 Å². The molecule has 3 aromatic rings. The molecular formula is C30H36N4O4S. The maximum atomic E-state index is 13.6. The number of benzene rings is 3. The number of ether oxygens (including phenoxy) is 1. The lowest BCUT2D eigenvalue weighted by Gasteiger charge is -2.35. The normalized spacial score (nSPS) is 17.7. The van der Waals surface area contributed by atoms with Gasteiger partial charge in [0.25, 0.3) is 5.91 Å². The molecule has 9 heteroatoms. The fourth-order valence-corrected chi connectivity index (χ4v) is 6.70. The van der Waals surface area contributed by atoms with Gasteiger partial charge >= 0.3 is 0 Å². The first kappa shape index (κ1) is 27.3. The van der Waals surface area contributed by atoms with E-state index in [2.05, 4.69) is 34.1 Å². The number of methoxy groups -OCH3 is 1. The van der Waals surface area contributed by atoms with Crippen molar-refractivity contribution in [3.63, 3.8) is 0 Å². The van der Waals surface area contributed by atoms with Gasteiger partial charge in [-0.1, -0.05) is 60.7 Å². The van der Waals surface area contributed by atoms with Crippen LogP contribution in [0.2, 0.25) is 0 Å². The van der Waals surface area contributed by atoms with Crippen molar-refractivity contribution in [1.29, 1.82) is 0 Å². The summed E-state index contributed by atoms with van der Waals surface area (Å²) in [6.07, 6.45) is 0. The fourth-order valence-electron chi connectivity index (χ4n) is 5.25. The third-order valence-electron chi connectivity index (χ3n) is 7.53. The molecule has 2 heterocycles. The molecule has 0 atom stereocenters. The van der Waals surface area contributed by atoms with E-state index in [-0.39, 0.29) is 16.4 Å². The molecule has 0 aliphatic carbocycles. The summed E-state index contributed by atoms with van der Waals surface area (Å²) >= 11 is 0. The Morgan fingerprint density at radius 3 is 1.74 bits per heavy atom. The molecule has 2 fully saturated rings. The van der Waals surface area contributed by atoms with E-state index in [1.165, 1.54) is 28.6 Å². The zero-order valence-electron chi connectivity index (χ0n) is 22.4. The van der Waals surface area contributed by atoms with Crippen LogP contribution >= 0.6 is 0 Å². The van der Waals surface area contributed by atoms with Gasteiger partial charge in [0, 0.05) is 65.4 Å². The second-order valence-corrected chi connectivity index (χ2v) is 12.0. The number of piperazine rings is 2. The molecule has 0 saturated carbocycles. The first-order valence-corrected chi connectivity index (χ1v) is 14.9. The average molecular weight is 549 g/mol. The molecule has 5 rings (SSSR count). The standard InChI is InChI=1S/C30H36N4O4S/c1-38-29-13-12-27(39(36,37)34-20-16-32(17-21-34)24-26-10-6-3-7-11-26)22-28(29)30(35)33-18-14-31(15-19-33)23-25-8-4-2-5-9-25/h2-13,22H,14-21,23-24H2,1H3. The first-order chi connectivity index (χ1) is 18.9. The Morgan fingerprint density at radius 1 is 0.718 bits per heavy atom. The lowest BCUT2D eigenvalue weighted by molar-refractivity contribution is 0.0625. The molecule has 1 amide bonds. The monoisotopic (exact) mass is 548 g/mol. The zero-order valence-corrected chi connectivity index (χ0v) is 23.2. The lowest BCUT2D eigenvalue weighted by atomic mass is 10.1. The number of rotatable bonds is 8. The molecule has 39 heavy (non-hydrogen) atoms. The summed E-state index contributed by atoms with van der Waals surface area (Å²) in [5, 5.41) is 0. The van der Waals surface area contributed by atoms with Gasteiger partial charge < -0.3 is 9.64 Å². The molecule has 0 N–H and O–H groups in total. The second kappa shape index (κ2) is 12.3. The summed E-state index contributed by atoms with van der Waals surface area (Å²) in [7, 11) is -2.24. The number of carbonyl (C=O) groups is 1. The van der Waals surface area contributed by atoms with Crippen LogP contribution in [0.4, 0.5) is 0 Å². The van der Waals surface area contributed by atoms with E-state index in [1.807, 2.05) is 36.4 Å². The Kier molecular flexibility index (Phi) is 8.62. The smallest absolute Gasteiger partial charge is 0.257 e. The summed E-state index contributed by atoms with van der Waals surface area (Å²) in [5.41, 5.74) is 2.75. The van der Waals surface area contributed by atoms with Crippen LogP contribution in [0.1, 0.15) is 21.5 Å². The molecule has 2 aliphatic heterocycles. The molecule has 0 unspecified atom stereocenters. The largest absolute Gasteiger partial charge is 0.496 e. The molecule has 0 radical (unpaired) electrons. The highest BCUT2D eigenvalue weighted by atomic mass is 32.2. The van der Waals surface area contributed by atoms with Crippen molar-refractivity contribution in [1.82, 2.24) is 19.0 Å². The van der Waals surface area contributed by atoms with Crippen molar-refractivity contribution in [2.45, 2.75) is 18.0 Å². The van der Waals surface area contributed by atoms with Crippen LogP contribution in [0, 0.1) is 0 Å². The van der Waals surface area contributed by atoms with E-state index in [0.717, 1.165) is 26.2 Å². The van der Waals surface area contributed by atoms with Crippen LogP contribution in [0.5, 0.6) is 5.75 Å². The Balaban J connectivity index is 1.23. The van der Waals surface area contributed by atoms with Crippen LogP contribution in [0.25, 0.3) is 0 Å². The van der Waals surface area contributed by atoms with Crippen molar-refractivity contribution in [2.24, 2.45) is 0 Å². The number of hydrogen-bond donors (Lipinski definition) is 0. The van der Waals surface area contributed by atoms with Crippen LogP contribution in [0.15, 0.2) is 83.8 Å². The Morgan fingerprint density at radius 2 is 1.23 bits per heavy atom. The Labute approximate surface area is 231 Å². The summed E-state index contributed by atoms with van der Waals surface area (Å²) in [6, 6.07) is 25.1. The van der Waals surface area contributed by atoms with Gasteiger partial charge in [0.15, 0.2) is 0 Å². The number of nitrogens with zero attached hydrogens (tertiary/aromatic N) is 4. The fraction of sp³-hybridized carbons (Fsp3) is 0.367. The summed E-state index contributed by atoms with van der Waals surface area (Å²) < 4.78 is 34.1. The molecule has 0 spiro atoms. The summed E-state index contributed by atoms with van der Waals surface area (Å²) in [4.78, 5) is 20.0. The quantitative estimate of drug-likeness (QED) is 0.431. The van der Waals surface area contributed by atoms with Crippen molar-refractivity contribution in [2.75, 3.05) is 59.5 Å². The number of hydrogen-bond acceptors (Lipinski definition) is 6. The van der Waals surface area contributed by atoms with E-state index < -0.39 is 10.0 Å². The van der Waals surface area contributed by atoms with Gasteiger partial charge in [-0.05, 0) is 29.3 Å². The maximum Gasteiger partial charge on any atom is 0.257 e. The van der Waals surface area contributed by atoms with Gasteiger partial charge in [0.1, 0.15) is 5.75 Å². The molecule has 0 bridgehead atoms. The van der Waals surface area contributed by atoms with E-state index >= 15 is 0 Å². The summed E-state index contributed by atoms with van der Waals surface area (Å²) in [6.45, 7) is 6.45. The van der Waals surface area contributed by atoms with Crippen LogP contribution < -0.4 is 4.74 Å². The highest BCUT2D eigenvalue weighted by Crippen LogP contribution is 2.27. The predicted octanol–water partition coefficient (Wildman–Crippen LogP) is 3.16. The Hall–Kier alpha value is -3.24. The molecule has 8 nitrogen and oxygen atoms in total. The third kappa shape index (κ3) is 6.50. The highest BCUT2D eigenvalue weighted by Gasteiger charge is 2.31. The van der Waals surface area contributed by atoms with Gasteiger partial charge in [-0.2, -0.15) is 4.31 Å². The molecular weight excluding hydrogens is 512 g/mol. The van der Waals surface area contributed by atoms with E-state index in [9.17, 15) is 13.2 Å². The van der Waals surface area contributed by atoms with Gasteiger partial charge in [-0.25, -0.2) is 8.42 Å². The molecule has 0 aromatic heterocycles. The predicted molar refractivity (Wildman–Crippen MR) is 151 cm³/mol. The minimum Gasteiger partial charge on any atom is -0.496 e. The second-order valence-electron chi connectivity index (χ2n) is 10.1. The van der Waals surface area contributed by atoms with Gasteiger partial charge in [0.05, 0.1) is 17.6 Å². The van der Waals surface area contributed by atoms with Crippen molar-refractivity contribution < 1.29 is 17.9 Å². The van der Waals surface area contributed by atoms with Gasteiger partial charge in [-0.3, -0.25) is 14.6 Å². The zero-order chi connectivity index (χ0) is 27.2. The van der Waals surface area contributed by atoms with E-state index in [1.54, 1.807) is 17.0 Å². The number of amides is 1. The highest BCUT2D eigenvalue weighted by molar-refractivity contribution is 7.89. The summed E-state index contributed by atoms with van der Waals surface area (Å²) in [5.74, 6) is 0.189. The maximum absolute atomic E-state index is 13.6. The van der Waals surface area contributed by atoms with Gasteiger partial charge in [-0.15, -0.1) is 0 Å². The molecule has 2 saturated heterocycles. The minimum atomic E-state index is -3.74. The third-order valence-corrected chi connectivity index (χ3v) is 9.42. The first-order valence-electron chi connectivity index (χ1n) is 13.4. The molecule has 206 valence electrons. The SMILES string of the molecule is COc1ccc(S(=O)(=O)N2CCN(Cc3ccccc3)CC2)cc1C(=O)N1CCN(Cc2ccccc2)CC1. The van der Waals surface area contributed by atoms with Crippen LogP contribution in [0.3, 0.4) is 0 Å². The van der Waals surface area contributed by atoms with Crippen molar-refractivity contribution in [3.05, 3.63) is 95.6 Å². The minimum absolute atomic E-state index is 0.130. The lowest BCUT2D eigenvalue weighted by Crippen LogP contribution is -2.48. The average Bonchev–Trinajstić information content (AvgIpc) is 2.98. The molecule has 3 aromatic carbocycles. The van der Waals surface area contributed by atoms with E-state index in [0.29, 0.717) is 45.0 Å². The van der Waals surface area contributed by atoms with Crippen LogP contribution in [-0.2, 0) is 23.1 Å².